The number of hydrogen-bond donors (Lipinski definition) is 2. The predicted octanol–water partition coefficient (Wildman–Crippen LogP) is 5.11. The number of hydrogen-bond acceptors (Lipinski definition) is 11. The van der Waals surface area contributed by atoms with E-state index in [-0.39, 0.29) is 44.9 Å². The van der Waals surface area contributed by atoms with Crippen molar-refractivity contribution < 1.29 is 27.4 Å². The van der Waals surface area contributed by atoms with Crippen molar-refractivity contribution in [3.8, 4) is 0 Å². The number of alkyl carbamates (subject to hydrolysis) is 1. The summed E-state index contributed by atoms with van der Waals surface area (Å²) in [6.45, 7) is 16.6. The van der Waals surface area contributed by atoms with Gasteiger partial charge in [-0.1, -0.05) is 31.2 Å². The van der Waals surface area contributed by atoms with Crippen molar-refractivity contribution >= 4 is 58.1 Å². The Morgan fingerprint density at radius 3 is 2.55 bits per heavy atom. The zero-order valence-corrected chi connectivity index (χ0v) is 30.7. The van der Waals surface area contributed by atoms with Crippen LogP contribution >= 0.6 is 11.6 Å². The van der Waals surface area contributed by atoms with Crippen LogP contribution in [0.4, 0.5) is 16.4 Å². The third kappa shape index (κ3) is 7.53. The number of halogens is 1. The standard InChI is InChI=1S/C31H46ClN7O6SSi/c1-20-26(37-29(40)45-30(2,3)4)31(18-44-20)9-12-38(13-10-31)28-21-16-36-39(19-43-14-15-47(5,6)7)25(21)23(17-35-28)46(41,42)22-8-11-34-27(33)24(22)32/h8,11,16-17,20,26H,9-10,12-15,18-19H2,1-7H3,(H2,33,34)(H,37,40)/t20-,26+/m0/s1. The van der Waals surface area contributed by atoms with Crippen LogP contribution in [0.3, 0.4) is 0 Å². The van der Waals surface area contributed by atoms with Gasteiger partial charge >= 0.3 is 6.09 Å². The second kappa shape index (κ2) is 13.1. The van der Waals surface area contributed by atoms with Gasteiger partial charge in [0, 0.05) is 39.4 Å². The Morgan fingerprint density at radius 1 is 1.19 bits per heavy atom. The number of pyridine rings is 2. The molecule has 13 nitrogen and oxygen atoms in total. The van der Waals surface area contributed by atoms with Crippen molar-refractivity contribution in [2.45, 2.75) is 100 Å². The van der Waals surface area contributed by atoms with E-state index in [4.69, 9.17) is 36.5 Å². The number of nitrogens with one attached hydrogen (secondary N) is 1. The molecule has 2 saturated heterocycles. The molecule has 0 radical (unpaired) electrons. The van der Waals surface area contributed by atoms with E-state index in [9.17, 15) is 13.2 Å². The highest BCUT2D eigenvalue weighted by Gasteiger charge is 2.50. The molecule has 2 aliphatic heterocycles. The molecule has 0 bridgehead atoms. The molecule has 5 rings (SSSR count). The minimum atomic E-state index is -4.18. The number of amides is 1. The number of rotatable bonds is 9. The molecule has 47 heavy (non-hydrogen) atoms. The molecule has 3 aromatic rings. The number of nitrogens with two attached hydrogens (primary N) is 1. The molecule has 0 unspecified atom stereocenters. The summed E-state index contributed by atoms with van der Waals surface area (Å²) in [6, 6.07) is 2.07. The number of ether oxygens (including phenoxy) is 3. The average molecular weight is 708 g/mol. The van der Waals surface area contributed by atoms with Crippen LogP contribution in [0.15, 0.2) is 34.4 Å². The average Bonchev–Trinajstić information content (AvgIpc) is 3.52. The van der Waals surface area contributed by atoms with Crippen LogP contribution in [0.2, 0.25) is 30.7 Å². The molecule has 2 atom stereocenters. The van der Waals surface area contributed by atoms with Crippen LogP contribution in [0.25, 0.3) is 10.9 Å². The quantitative estimate of drug-likeness (QED) is 0.225. The molecular formula is C31H46ClN7O6SSi. The number of carbonyl (C=O) groups is 1. The van der Waals surface area contributed by atoms with Gasteiger partial charge < -0.3 is 30.2 Å². The molecule has 0 saturated carbocycles. The van der Waals surface area contributed by atoms with Gasteiger partial charge in [0.1, 0.15) is 33.9 Å². The Labute approximate surface area is 282 Å². The summed E-state index contributed by atoms with van der Waals surface area (Å²) in [5, 5.41) is 8.08. The lowest BCUT2D eigenvalue weighted by Crippen LogP contribution is -2.55. The lowest BCUT2D eigenvalue weighted by Gasteiger charge is -2.43. The highest BCUT2D eigenvalue weighted by atomic mass is 35.5. The lowest BCUT2D eigenvalue weighted by molar-refractivity contribution is 0.0434. The highest BCUT2D eigenvalue weighted by molar-refractivity contribution is 7.91. The highest BCUT2D eigenvalue weighted by Crippen LogP contribution is 2.44. The van der Waals surface area contributed by atoms with Crippen molar-refractivity contribution in [1.82, 2.24) is 25.1 Å². The summed E-state index contributed by atoms with van der Waals surface area (Å²) >= 11 is 6.35. The summed E-state index contributed by atoms with van der Waals surface area (Å²) in [4.78, 5) is 23.3. The summed E-state index contributed by atoms with van der Waals surface area (Å²) in [5.41, 5.74) is 5.36. The van der Waals surface area contributed by atoms with Gasteiger partial charge in [0.05, 0.1) is 46.9 Å². The molecule has 2 aliphatic rings. The second-order valence-corrected chi connectivity index (χ2v) is 22.6. The van der Waals surface area contributed by atoms with Crippen LogP contribution in [0.1, 0.15) is 40.5 Å². The van der Waals surface area contributed by atoms with Crippen molar-refractivity contribution in [2.75, 3.05) is 36.9 Å². The summed E-state index contributed by atoms with van der Waals surface area (Å²) < 4.78 is 47.3. The number of aromatic nitrogens is 4. The first kappa shape index (κ1) is 35.3. The fraction of sp³-hybridized carbons (Fsp3) is 0.613. The zero-order valence-electron chi connectivity index (χ0n) is 28.2. The minimum absolute atomic E-state index is 0.0526. The van der Waals surface area contributed by atoms with Crippen molar-refractivity contribution in [3.63, 3.8) is 0 Å². The summed E-state index contributed by atoms with van der Waals surface area (Å²) in [7, 11) is -5.52. The van der Waals surface area contributed by atoms with Crippen LogP contribution < -0.4 is 16.0 Å². The third-order valence-corrected chi connectivity index (χ3v) is 12.8. The fourth-order valence-electron chi connectivity index (χ4n) is 6.21. The van der Waals surface area contributed by atoms with Crippen molar-refractivity contribution in [1.29, 1.82) is 0 Å². The zero-order chi connectivity index (χ0) is 34.4. The van der Waals surface area contributed by atoms with Gasteiger partial charge in [0.2, 0.25) is 9.84 Å². The van der Waals surface area contributed by atoms with E-state index in [1.54, 1.807) is 10.9 Å². The fourth-order valence-corrected chi connectivity index (χ4v) is 8.86. The Hall–Kier alpha value is -2.98. The second-order valence-electron chi connectivity index (χ2n) is 14.7. The summed E-state index contributed by atoms with van der Waals surface area (Å²) in [6.07, 6.45) is 5.12. The molecule has 2 fully saturated rings. The number of fused-ring (bicyclic) bond motifs is 1. The van der Waals surface area contributed by atoms with Gasteiger partial charge in [-0.3, -0.25) is 0 Å². The van der Waals surface area contributed by atoms with Crippen LogP contribution in [0, 0.1) is 5.41 Å². The largest absolute Gasteiger partial charge is 0.444 e. The van der Waals surface area contributed by atoms with E-state index >= 15 is 0 Å². The Kier molecular flexibility index (Phi) is 9.88. The molecule has 16 heteroatoms. The maximum absolute atomic E-state index is 14.1. The van der Waals surface area contributed by atoms with E-state index in [0.717, 1.165) is 18.9 Å². The minimum Gasteiger partial charge on any atom is -0.444 e. The predicted molar refractivity (Wildman–Crippen MR) is 183 cm³/mol. The van der Waals surface area contributed by atoms with Gasteiger partial charge in [0.15, 0.2) is 0 Å². The number of carbonyl (C=O) groups excluding carboxylic acids is 1. The molecule has 5 heterocycles. The smallest absolute Gasteiger partial charge is 0.407 e. The van der Waals surface area contributed by atoms with E-state index in [0.29, 0.717) is 43.0 Å². The van der Waals surface area contributed by atoms with E-state index in [2.05, 4.69) is 39.9 Å². The normalized spacial score (nSPS) is 20.2. The lowest BCUT2D eigenvalue weighted by atomic mass is 9.73. The van der Waals surface area contributed by atoms with Crippen LogP contribution in [-0.4, -0.2) is 86.4 Å². The first-order valence-corrected chi connectivity index (χ1v) is 21.4. The monoisotopic (exact) mass is 707 g/mol. The number of sulfone groups is 1. The Balaban J connectivity index is 1.46. The first-order chi connectivity index (χ1) is 21.9. The SMILES string of the molecule is C[C@@H]1OCC2(CCN(c3ncc(S(=O)(=O)c4ccnc(N)c4Cl)c4c3cnn4COCC[Si](C)(C)C)CC2)[C@@H]1NC(=O)OC(C)(C)C. The molecule has 1 amide bonds. The number of nitrogens with zero attached hydrogens (tertiary/aromatic N) is 5. The number of piperidine rings is 1. The molecular weight excluding hydrogens is 662 g/mol. The third-order valence-electron chi connectivity index (χ3n) is 8.78. The van der Waals surface area contributed by atoms with Gasteiger partial charge in [0.25, 0.3) is 0 Å². The summed E-state index contributed by atoms with van der Waals surface area (Å²) in [5.74, 6) is 0.537. The Morgan fingerprint density at radius 2 is 1.89 bits per heavy atom. The Bertz CT molecular complexity index is 1730. The van der Waals surface area contributed by atoms with Crippen LogP contribution in [-0.2, 0) is 30.8 Å². The first-order valence-electron chi connectivity index (χ1n) is 15.9. The van der Waals surface area contributed by atoms with Gasteiger partial charge in [-0.15, -0.1) is 0 Å². The van der Waals surface area contributed by atoms with Crippen molar-refractivity contribution in [2.24, 2.45) is 5.41 Å². The maximum atomic E-state index is 14.1. The number of nitrogen functional groups attached to an aromatic ring is 1. The van der Waals surface area contributed by atoms with E-state index in [1.807, 2.05) is 27.7 Å². The molecule has 0 aromatic carbocycles. The molecule has 0 aliphatic carbocycles. The van der Waals surface area contributed by atoms with E-state index in [1.165, 1.54) is 18.5 Å². The van der Waals surface area contributed by atoms with E-state index < -0.39 is 29.6 Å². The molecule has 1 spiro atoms. The molecule has 3 N–H and O–H groups in total. The van der Waals surface area contributed by atoms with Crippen molar-refractivity contribution in [3.05, 3.63) is 29.7 Å². The van der Waals surface area contributed by atoms with Gasteiger partial charge in [-0.25, -0.2) is 27.9 Å². The van der Waals surface area contributed by atoms with Crippen LogP contribution in [0.5, 0.6) is 0 Å². The van der Waals surface area contributed by atoms with Gasteiger partial charge in [-0.2, -0.15) is 5.10 Å². The topological polar surface area (TPSA) is 164 Å². The maximum Gasteiger partial charge on any atom is 0.407 e. The van der Waals surface area contributed by atoms with Gasteiger partial charge in [-0.05, 0) is 52.6 Å². The molecule has 3 aromatic heterocycles. The molecule has 258 valence electrons. The number of anilines is 2.